The van der Waals surface area contributed by atoms with Crippen molar-refractivity contribution in [1.82, 2.24) is 10.2 Å². The molecule has 0 aliphatic carbocycles. The normalized spacial score (nSPS) is 16.1. The standard InChI is InChI=1S/C30H31N3O4/c1-19-10-11-20(2)25(16-19)33-29(35)22-13-12-21(17-24(22)30(33)36)28(34)31-18-26(32-14-6-7-15-32)23-8-4-5-9-27(23)37-3/h4-5,8-13,16-17,26H,6-7,14-15,18H2,1-3H3,(H,31,34). The van der Waals surface area contributed by atoms with Gasteiger partial charge in [0.25, 0.3) is 17.7 Å². The van der Waals surface area contributed by atoms with Crippen LogP contribution in [0.15, 0.2) is 60.7 Å². The van der Waals surface area contributed by atoms with E-state index in [1.54, 1.807) is 19.2 Å². The van der Waals surface area contributed by atoms with Crippen molar-refractivity contribution in [3.05, 3.63) is 94.0 Å². The Morgan fingerprint density at radius 1 is 0.946 bits per heavy atom. The van der Waals surface area contributed by atoms with Crippen LogP contribution in [0.2, 0.25) is 0 Å². The van der Waals surface area contributed by atoms with Crippen molar-refractivity contribution < 1.29 is 19.1 Å². The van der Waals surface area contributed by atoms with E-state index in [9.17, 15) is 14.4 Å². The predicted octanol–water partition coefficient (Wildman–Crippen LogP) is 4.68. The van der Waals surface area contributed by atoms with Crippen molar-refractivity contribution in [2.75, 3.05) is 31.6 Å². The van der Waals surface area contributed by atoms with Gasteiger partial charge in [-0.25, -0.2) is 4.90 Å². The second-order valence-corrected chi connectivity index (χ2v) is 9.71. The second-order valence-electron chi connectivity index (χ2n) is 9.71. The van der Waals surface area contributed by atoms with Crippen molar-refractivity contribution in [2.24, 2.45) is 0 Å². The molecule has 2 aliphatic heterocycles. The molecule has 1 fully saturated rings. The first-order valence-electron chi connectivity index (χ1n) is 12.6. The molecular formula is C30H31N3O4. The van der Waals surface area contributed by atoms with Crippen LogP contribution in [0.1, 0.15) is 66.6 Å². The molecule has 1 unspecified atom stereocenters. The smallest absolute Gasteiger partial charge is 0.266 e. The van der Waals surface area contributed by atoms with Gasteiger partial charge in [-0.1, -0.05) is 30.3 Å². The van der Waals surface area contributed by atoms with Gasteiger partial charge >= 0.3 is 0 Å². The number of likely N-dealkylation sites (tertiary alicyclic amines) is 1. The van der Waals surface area contributed by atoms with Gasteiger partial charge < -0.3 is 10.1 Å². The van der Waals surface area contributed by atoms with E-state index in [0.717, 1.165) is 48.4 Å². The van der Waals surface area contributed by atoms with Crippen molar-refractivity contribution in [2.45, 2.75) is 32.7 Å². The Morgan fingerprint density at radius 2 is 1.68 bits per heavy atom. The molecule has 7 heteroatoms. The fraction of sp³-hybridized carbons (Fsp3) is 0.300. The Morgan fingerprint density at radius 3 is 2.43 bits per heavy atom. The third kappa shape index (κ3) is 4.62. The summed E-state index contributed by atoms with van der Waals surface area (Å²) in [6.07, 6.45) is 2.24. The number of aryl methyl sites for hydroxylation is 2. The van der Waals surface area contributed by atoms with Gasteiger partial charge in [-0.3, -0.25) is 19.3 Å². The van der Waals surface area contributed by atoms with E-state index in [1.165, 1.54) is 11.0 Å². The fourth-order valence-electron chi connectivity index (χ4n) is 5.28. The van der Waals surface area contributed by atoms with Crippen LogP contribution >= 0.6 is 0 Å². The number of rotatable bonds is 7. The third-order valence-electron chi connectivity index (χ3n) is 7.29. The molecule has 0 bridgehead atoms. The van der Waals surface area contributed by atoms with Gasteiger partial charge in [0.05, 0.1) is 30.0 Å². The number of carbonyl (C=O) groups is 3. The molecule has 1 atom stereocenters. The zero-order valence-electron chi connectivity index (χ0n) is 21.4. The maximum absolute atomic E-state index is 13.3. The summed E-state index contributed by atoms with van der Waals surface area (Å²) in [6, 6.07) is 18.3. The van der Waals surface area contributed by atoms with E-state index < -0.39 is 5.91 Å². The molecule has 7 nitrogen and oxygen atoms in total. The Bertz CT molecular complexity index is 1380. The lowest BCUT2D eigenvalue weighted by molar-refractivity contribution is 0.0921. The van der Waals surface area contributed by atoms with Crippen LogP contribution in [0.25, 0.3) is 0 Å². The number of anilines is 1. The quantitative estimate of drug-likeness (QED) is 0.480. The number of hydrogen-bond acceptors (Lipinski definition) is 5. The number of imide groups is 1. The molecule has 0 saturated carbocycles. The maximum Gasteiger partial charge on any atom is 0.266 e. The molecule has 0 radical (unpaired) electrons. The molecule has 0 spiro atoms. The summed E-state index contributed by atoms with van der Waals surface area (Å²) in [7, 11) is 1.66. The Hall–Kier alpha value is -3.97. The van der Waals surface area contributed by atoms with E-state index in [1.807, 2.05) is 56.3 Å². The minimum absolute atomic E-state index is 0.0278. The molecule has 0 aromatic heterocycles. The Balaban J connectivity index is 1.37. The lowest BCUT2D eigenvalue weighted by Crippen LogP contribution is -2.37. The molecule has 2 heterocycles. The van der Waals surface area contributed by atoms with Gasteiger partial charge in [-0.2, -0.15) is 0 Å². The molecule has 3 aromatic rings. The van der Waals surface area contributed by atoms with Gasteiger partial charge in [-0.15, -0.1) is 0 Å². The van der Waals surface area contributed by atoms with Crippen molar-refractivity contribution in [3.8, 4) is 5.75 Å². The lowest BCUT2D eigenvalue weighted by atomic mass is 10.0. The van der Waals surface area contributed by atoms with Crippen LogP contribution in [0.4, 0.5) is 5.69 Å². The molecule has 3 aromatic carbocycles. The average molecular weight is 498 g/mol. The monoisotopic (exact) mass is 497 g/mol. The highest BCUT2D eigenvalue weighted by molar-refractivity contribution is 6.35. The van der Waals surface area contributed by atoms with Crippen molar-refractivity contribution >= 4 is 23.4 Å². The van der Waals surface area contributed by atoms with Gasteiger partial charge in [0.1, 0.15) is 5.75 Å². The highest BCUT2D eigenvalue weighted by atomic mass is 16.5. The van der Waals surface area contributed by atoms with Crippen LogP contribution in [-0.2, 0) is 0 Å². The van der Waals surface area contributed by atoms with Crippen LogP contribution in [0.5, 0.6) is 5.75 Å². The second kappa shape index (κ2) is 10.2. The minimum Gasteiger partial charge on any atom is -0.496 e. The number of hydrogen-bond donors (Lipinski definition) is 1. The first-order chi connectivity index (χ1) is 17.9. The third-order valence-corrected chi connectivity index (χ3v) is 7.29. The van der Waals surface area contributed by atoms with Gasteiger partial charge in [0.15, 0.2) is 0 Å². The summed E-state index contributed by atoms with van der Waals surface area (Å²) in [5.74, 6) is -0.271. The van der Waals surface area contributed by atoms with Crippen molar-refractivity contribution in [3.63, 3.8) is 0 Å². The zero-order valence-corrected chi connectivity index (χ0v) is 21.4. The molecule has 37 heavy (non-hydrogen) atoms. The van der Waals surface area contributed by atoms with E-state index in [0.29, 0.717) is 23.4 Å². The van der Waals surface area contributed by atoms with E-state index in [2.05, 4.69) is 10.2 Å². The number of nitrogens with one attached hydrogen (secondary N) is 1. The molecular weight excluding hydrogens is 466 g/mol. The minimum atomic E-state index is -0.410. The average Bonchev–Trinajstić information content (AvgIpc) is 3.53. The van der Waals surface area contributed by atoms with Crippen molar-refractivity contribution in [1.29, 1.82) is 0 Å². The number of amides is 3. The molecule has 2 aliphatic rings. The number of fused-ring (bicyclic) bond motifs is 1. The van der Waals surface area contributed by atoms with E-state index in [-0.39, 0.29) is 23.4 Å². The summed E-state index contributed by atoms with van der Waals surface area (Å²) in [5, 5.41) is 3.06. The topological polar surface area (TPSA) is 79.0 Å². The summed E-state index contributed by atoms with van der Waals surface area (Å²) in [4.78, 5) is 43.2. The van der Waals surface area contributed by atoms with E-state index >= 15 is 0 Å². The number of para-hydroxylation sites is 1. The number of ether oxygens (including phenoxy) is 1. The van der Waals surface area contributed by atoms with Gasteiger partial charge in [0, 0.05) is 17.7 Å². The number of carbonyl (C=O) groups excluding carboxylic acids is 3. The summed E-state index contributed by atoms with van der Waals surface area (Å²) >= 11 is 0. The molecule has 5 rings (SSSR count). The predicted molar refractivity (Wildman–Crippen MR) is 142 cm³/mol. The van der Waals surface area contributed by atoms with E-state index in [4.69, 9.17) is 4.74 Å². The van der Waals surface area contributed by atoms with Crippen LogP contribution in [-0.4, -0.2) is 49.4 Å². The SMILES string of the molecule is COc1ccccc1C(CNC(=O)c1ccc2c(c1)C(=O)N(c1cc(C)ccc1C)C2=O)N1CCCC1. The molecule has 1 N–H and O–H groups in total. The first kappa shape index (κ1) is 24.7. The number of nitrogens with zero attached hydrogens (tertiary/aromatic N) is 2. The van der Waals surface area contributed by atoms with Gasteiger partial charge in [0.2, 0.25) is 0 Å². The molecule has 190 valence electrons. The zero-order chi connectivity index (χ0) is 26.1. The maximum atomic E-state index is 13.3. The number of benzene rings is 3. The van der Waals surface area contributed by atoms with Crippen LogP contribution in [0.3, 0.4) is 0 Å². The highest BCUT2D eigenvalue weighted by Gasteiger charge is 2.38. The molecule has 3 amide bonds. The highest BCUT2D eigenvalue weighted by Crippen LogP contribution is 2.33. The summed E-state index contributed by atoms with van der Waals surface area (Å²) in [6.45, 7) is 6.11. The Kier molecular flexibility index (Phi) is 6.80. The van der Waals surface area contributed by atoms with Crippen LogP contribution in [0, 0.1) is 13.8 Å². The first-order valence-corrected chi connectivity index (χ1v) is 12.6. The summed E-state index contributed by atoms with van der Waals surface area (Å²) < 4.78 is 5.60. The summed E-state index contributed by atoms with van der Waals surface area (Å²) in [5.41, 5.74) is 4.31. The Labute approximate surface area is 217 Å². The molecule has 1 saturated heterocycles. The lowest BCUT2D eigenvalue weighted by Gasteiger charge is -2.29. The number of methoxy groups -OCH3 is 1. The fourth-order valence-corrected chi connectivity index (χ4v) is 5.28. The van der Waals surface area contributed by atoms with Gasteiger partial charge in [-0.05, 0) is 81.2 Å². The largest absolute Gasteiger partial charge is 0.496 e. The van der Waals surface area contributed by atoms with Crippen LogP contribution < -0.4 is 15.0 Å².